The highest BCUT2D eigenvalue weighted by Gasteiger charge is 2.31. The van der Waals surface area contributed by atoms with Crippen LogP contribution in [0.1, 0.15) is 13.3 Å². The van der Waals surface area contributed by atoms with Gasteiger partial charge in [0.2, 0.25) is 11.8 Å². The minimum Gasteiger partial charge on any atom is -0.333 e. The SMILES string of the molecule is CC(=O)NS(=O)(=O)c1ccc(NC(=O)NC2CC(=O)N(c3cccc(F)c3)C2)cc1. The highest BCUT2D eigenvalue weighted by molar-refractivity contribution is 7.90. The van der Waals surface area contributed by atoms with E-state index in [2.05, 4.69) is 10.6 Å². The summed E-state index contributed by atoms with van der Waals surface area (Å²) in [7, 11) is -3.96. The van der Waals surface area contributed by atoms with Crippen molar-refractivity contribution in [3.8, 4) is 0 Å². The van der Waals surface area contributed by atoms with Crippen molar-refractivity contribution in [2.75, 3.05) is 16.8 Å². The molecule has 1 fully saturated rings. The molecular formula is C19H19FN4O5S. The molecule has 1 aliphatic heterocycles. The second kappa shape index (κ2) is 8.49. The molecule has 0 saturated carbocycles. The van der Waals surface area contributed by atoms with Gasteiger partial charge in [-0.3, -0.25) is 9.59 Å². The van der Waals surface area contributed by atoms with E-state index >= 15 is 0 Å². The highest BCUT2D eigenvalue weighted by atomic mass is 32.2. The zero-order chi connectivity index (χ0) is 21.9. The summed E-state index contributed by atoms with van der Waals surface area (Å²) in [6.07, 6.45) is 0.0673. The molecule has 1 heterocycles. The number of halogens is 1. The van der Waals surface area contributed by atoms with Crippen LogP contribution in [0.3, 0.4) is 0 Å². The molecule has 9 nitrogen and oxygen atoms in total. The van der Waals surface area contributed by atoms with Crippen LogP contribution >= 0.6 is 0 Å². The van der Waals surface area contributed by atoms with E-state index in [9.17, 15) is 27.2 Å². The molecule has 3 rings (SSSR count). The Kier molecular flexibility index (Phi) is 6.01. The summed E-state index contributed by atoms with van der Waals surface area (Å²) < 4.78 is 39.1. The minimum absolute atomic E-state index is 0.0673. The molecule has 0 aliphatic carbocycles. The number of rotatable bonds is 5. The molecule has 1 saturated heterocycles. The van der Waals surface area contributed by atoms with Crippen molar-refractivity contribution in [1.29, 1.82) is 0 Å². The van der Waals surface area contributed by atoms with Crippen molar-refractivity contribution in [3.05, 3.63) is 54.3 Å². The Morgan fingerprint density at radius 3 is 2.47 bits per heavy atom. The van der Waals surface area contributed by atoms with Gasteiger partial charge in [0.05, 0.1) is 10.9 Å². The summed E-state index contributed by atoms with van der Waals surface area (Å²) in [6, 6.07) is 9.81. The molecule has 0 spiro atoms. The third-order valence-corrected chi connectivity index (χ3v) is 5.73. The third-order valence-electron chi connectivity index (χ3n) is 4.28. The summed E-state index contributed by atoms with van der Waals surface area (Å²) in [5.41, 5.74) is 0.737. The fraction of sp³-hybridized carbons (Fsp3) is 0.211. The molecule has 0 aromatic heterocycles. The largest absolute Gasteiger partial charge is 0.333 e. The van der Waals surface area contributed by atoms with Crippen LogP contribution in [0.25, 0.3) is 0 Å². The molecule has 158 valence electrons. The number of carbonyl (C=O) groups excluding carboxylic acids is 3. The molecule has 3 N–H and O–H groups in total. The summed E-state index contributed by atoms with van der Waals surface area (Å²) in [4.78, 5) is 36.6. The van der Waals surface area contributed by atoms with Gasteiger partial charge in [0.1, 0.15) is 5.82 Å². The van der Waals surface area contributed by atoms with Crippen LogP contribution in [0.15, 0.2) is 53.4 Å². The van der Waals surface area contributed by atoms with Gasteiger partial charge in [-0.05, 0) is 42.5 Å². The normalized spacial score (nSPS) is 16.3. The van der Waals surface area contributed by atoms with E-state index in [4.69, 9.17) is 0 Å². The van der Waals surface area contributed by atoms with Gasteiger partial charge in [-0.1, -0.05) is 6.07 Å². The number of urea groups is 1. The Bertz CT molecular complexity index is 1090. The molecule has 30 heavy (non-hydrogen) atoms. The van der Waals surface area contributed by atoms with Crippen LogP contribution in [0, 0.1) is 5.82 Å². The van der Waals surface area contributed by atoms with Gasteiger partial charge in [0.25, 0.3) is 10.0 Å². The average molecular weight is 434 g/mol. The highest BCUT2D eigenvalue weighted by Crippen LogP contribution is 2.22. The fourth-order valence-corrected chi connectivity index (χ4v) is 4.01. The first kappa shape index (κ1) is 21.2. The Morgan fingerprint density at radius 2 is 1.83 bits per heavy atom. The second-order valence-electron chi connectivity index (χ2n) is 6.67. The van der Waals surface area contributed by atoms with E-state index < -0.39 is 33.8 Å². The monoisotopic (exact) mass is 434 g/mol. The van der Waals surface area contributed by atoms with E-state index in [0.29, 0.717) is 11.4 Å². The molecule has 0 radical (unpaired) electrons. The quantitative estimate of drug-likeness (QED) is 0.659. The van der Waals surface area contributed by atoms with Gasteiger partial charge < -0.3 is 15.5 Å². The van der Waals surface area contributed by atoms with Gasteiger partial charge in [0, 0.05) is 31.3 Å². The molecule has 1 unspecified atom stereocenters. The topological polar surface area (TPSA) is 125 Å². The average Bonchev–Trinajstić information content (AvgIpc) is 3.01. The van der Waals surface area contributed by atoms with E-state index in [1.807, 2.05) is 4.72 Å². The number of benzene rings is 2. The maximum atomic E-state index is 13.4. The Labute approximate surface area is 172 Å². The van der Waals surface area contributed by atoms with Crippen LogP contribution in [-0.4, -0.2) is 38.8 Å². The maximum absolute atomic E-state index is 13.4. The molecule has 2 aromatic carbocycles. The van der Waals surface area contributed by atoms with Gasteiger partial charge in [-0.15, -0.1) is 0 Å². The molecular weight excluding hydrogens is 415 g/mol. The van der Waals surface area contributed by atoms with Crippen LogP contribution in [0.4, 0.5) is 20.6 Å². The van der Waals surface area contributed by atoms with Crippen molar-refractivity contribution >= 4 is 39.2 Å². The molecule has 2 aromatic rings. The van der Waals surface area contributed by atoms with Crippen LogP contribution in [0.2, 0.25) is 0 Å². The van der Waals surface area contributed by atoms with Gasteiger partial charge in [-0.2, -0.15) is 0 Å². The molecule has 11 heteroatoms. The van der Waals surface area contributed by atoms with Crippen LogP contribution in [-0.2, 0) is 19.6 Å². The lowest BCUT2D eigenvalue weighted by atomic mass is 10.2. The van der Waals surface area contributed by atoms with Crippen LogP contribution in [0.5, 0.6) is 0 Å². The lowest BCUT2D eigenvalue weighted by Crippen LogP contribution is -2.39. The first-order valence-corrected chi connectivity index (χ1v) is 10.4. The number of nitrogens with zero attached hydrogens (tertiary/aromatic N) is 1. The van der Waals surface area contributed by atoms with Gasteiger partial charge >= 0.3 is 6.03 Å². The lowest BCUT2D eigenvalue weighted by Gasteiger charge is -2.17. The zero-order valence-electron chi connectivity index (χ0n) is 15.9. The molecule has 1 aliphatic rings. The van der Waals surface area contributed by atoms with Crippen molar-refractivity contribution < 1.29 is 27.2 Å². The summed E-state index contributed by atoms with van der Waals surface area (Å²) in [5, 5.41) is 5.21. The summed E-state index contributed by atoms with van der Waals surface area (Å²) in [6.45, 7) is 1.28. The van der Waals surface area contributed by atoms with E-state index in [1.54, 1.807) is 6.07 Å². The number of hydrogen-bond donors (Lipinski definition) is 3. The Hall–Kier alpha value is -3.47. The minimum atomic E-state index is -3.96. The lowest BCUT2D eigenvalue weighted by molar-refractivity contribution is -0.118. The number of anilines is 2. The first-order chi connectivity index (χ1) is 14.1. The van der Waals surface area contributed by atoms with Gasteiger partial charge in [0.15, 0.2) is 0 Å². The van der Waals surface area contributed by atoms with E-state index in [-0.39, 0.29) is 23.8 Å². The summed E-state index contributed by atoms with van der Waals surface area (Å²) in [5.74, 6) is -1.41. The predicted octanol–water partition coefficient (Wildman–Crippen LogP) is 1.58. The number of nitrogens with one attached hydrogen (secondary N) is 3. The van der Waals surface area contributed by atoms with Gasteiger partial charge in [-0.25, -0.2) is 22.3 Å². The number of hydrogen-bond acceptors (Lipinski definition) is 5. The number of amides is 4. The van der Waals surface area contributed by atoms with Crippen molar-refractivity contribution in [2.45, 2.75) is 24.3 Å². The smallest absolute Gasteiger partial charge is 0.319 e. The first-order valence-electron chi connectivity index (χ1n) is 8.91. The number of carbonyl (C=O) groups is 3. The zero-order valence-corrected chi connectivity index (χ0v) is 16.7. The van der Waals surface area contributed by atoms with Crippen molar-refractivity contribution in [3.63, 3.8) is 0 Å². The third kappa shape index (κ3) is 5.11. The van der Waals surface area contributed by atoms with E-state index in [0.717, 1.165) is 6.92 Å². The molecule has 4 amide bonds. The van der Waals surface area contributed by atoms with Crippen molar-refractivity contribution in [1.82, 2.24) is 10.0 Å². The predicted molar refractivity (Wildman–Crippen MR) is 107 cm³/mol. The second-order valence-corrected chi connectivity index (χ2v) is 8.35. The number of sulfonamides is 1. The Balaban J connectivity index is 1.58. The standard InChI is InChI=1S/C19H19FN4O5S/c1-12(25)23-30(28,29)17-7-5-14(6-8-17)21-19(27)22-15-10-18(26)24(11-15)16-4-2-3-13(20)9-16/h2-9,15H,10-11H2,1H3,(H,23,25)(H2,21,22,27). The molecule has 1 atom stereocenters. The Morgan fingerprint density at radius 1 is 1.13 bits per heavy atom. The summed E-state index contributed by atoms with van der Waals surface area (Å²) >= 11 is 0. The van der Waals surface area contributed by atoms with Crippen LogP contribution < -0.4 is 20.3 Å². The van der Waals surface area contributed by atoms with Crippen molar-refractivity contribution in [2.24, 2.45) is 0 Å². The van der Waals surface area contributed by atoms with E-state index in [1.165, 1.54) is 47.4 Å². The fourth-order valence-electron chi connectivity index (χ4n) is 3.02. The molecule has 0 bridgehead atoms. The maximum Gasteiger partial charge on any atom is 0.319 e.